The molecule has 94 valence electrons. The van der Waals surface area contributed by atoms with Gasteiger partial charge in [0.2, 0.25) is 5.88 Å². The maximum absolute atomic E-state index is 10.7. The van der Waals surface area contributed by atoms with Gasteiger partial charge in [-0.3, -0.25) is 0 Å². The van der Waals surface area contributed by atoms with Gasteiger partial charge in [0, 0.05) is 5.39 Å². The summed E-state index contributed by atoms with van der Waals surface area (Å²) in [6, 6.07) is 2.84. The Labute approximate surface area is 159 Å². The second-order valence-electron chi connectivity index (χ2n) is 3.48. The van der Waals surface area contributed by atoms with Crippen LogP contribution in [0, 0.1) is 4.91 Å². The number of fused-ring (bicyclic) bond motifs is 1. The minimum atomic E-state index is -1.45. The zero-order valence-corrected chi connectivity index (χ0v) is 14.3. The van der Waals surface area contributed by atoms with E-state index in [1.165, 1.54) is 12.1 Å². The van der Waals surface area contributed by atoms with Crippen molar-refractivity contribution >= 4 is 45.8 Å². The molecule has 0 amide bonds. The summed E-state index contributed by atoms with van der Waals surface area (Å²) in [4.78, 5) is 21.3. The quantitative estimate of drug-likeness (QED) is 0.566. The van der Waals surface area contributed by atoms with Gasteiger partial charge >= 0.3 is 51.4 Å². The molecule has 1 aromatic heterocycles. The molecule has 0 fully saturated rings. The summed E-state index contributed by atoms with van der Waals surface area (Å²) in [6.45, 7) is -0.669. The number of aliphatic carboxylic acids is 1. The van der Waals surface area contributed by atoms with Gasteiger partial charge in [0.15, 0.2) is 5.69 Å². The summed E-state index contributed by atoms with van der Waals surface area (Å²) in [5, 5.41) is 23.5. The number of carboxylic acid groups (broad SMARTS) is 1. The van der Waals surface area contributed by atoms with Gasteiger partial charge in [-0.25, -0.2) is 0 Å². The summed E-state index contributed by atoms with van der Waals surface area (Å²) in [7, 11) is 0. The summed E-state index contributed by atoms with van der Waals surface area (Å²) in [5.41, 5.74) is -0.162. The van der Waals surface area contributed by atoms with Crippen molar-refractivity contribution in [1.29, 1.82) is 0 Å². The Hall–Kier alpha value is -0.154. The Bertz CT molecular complexity index is 671. The van der Waals surface area contributed by atoms with Crippen molar-refractivity contribution in [3.8, 4) is 5.88 Å². The van der Waals surface area contributed by atoms with Crippen molar-refractivity contribution in [3.63, 3.8) is 0 Å². The van der Waals surface area contributed by atoms with Crippen molar-refractivity contribution < 1.29 is 66.4 Å². The van der Waals surface area contributed by atoms with Gasteiger partial charge in [0.25, 0.3) is 0 Å². The molecule has 0 aliphatic carbocycles. The Morgan fingerprint density at radius 2 is 2.05 bits per heavy atom. The van der Waals surface area contributed by atoms with Crippen molar-refractivity contribution in [2.75, 3.05) is 0 Å². The first-order chi connectivity index (χ1) is 8.47. The Kier molecular flexibility index (Phi) is 5.81. The van der Waals surface area contributed by atoms with Crippen LogP contribution in [0.15, 0.2) is 17.3 Å². The number of aromatic hydroxyl groups is 1. The molecule has 1 heterocycles. The maximum atomic E-state index is 10.7. The third kappa shape index (κ3) is 2.97. The second-order valence-corrected chi connectivity index (χ2v) is 4.26. The van der Waals surface area contributed by atoms with Crippen molar-refractivity contribution in [1.82, 2.24) is 4.57 Å². The number of aromatic nitrogens is 1. The van der Waals surface area contributed by atoms with Gasteiger partial charge in [0.1, 0.15) is 0 Å². The minimum Gasteiger partial charge on any atom is -0.548 e. The zero-order chi connectivity index (χ0) is 13.4. The Balaban J connectivity index is 0.00000180. The van der Waals surface area contributed by atoms with E-state index in [-0.39, 0.29) is 78.0 Å². The SMILES string of the molecule is O=Nc1c(O)n(CC(=O)[O-])c2c(Cl)c(Cl)ccc12.[K+]. The first-order valence-corrected chi connectivity index (χ1v) is 5.45. The number of hydrogen-bond acceptors (Lipinski definition) is 5. The number of rotatable bonds is 3. The molecular weight excluding hydrogens is 322 g/mol. The Morgan fingerprint density at radius 3 is 2.58 bits per heavy atom. The maximum Gasteiger partial charge on any atom is 1.00 e. The number of carbonyl (C=O) groups excluding carboxylic acids is 1. The molecule has 6 nitrogen and oxygen atoms in total. The molecule has 0 saturated carbocycles. The smallest absolute Gasteiger partial charge is 0.548 e. The normalized spacial score (nSPS) is 10.2. The molecule has 0 spiro atoms. The van der Waals surface area contributed by atoms with Crippen LogP contribution in [0.3, 0.4) is 0 Å². The van der Waals surface area contributed by atoms with Crippen LogP contribution in [0.2, 0.25) is 10.0 Å². The molecule has 1 aromatic carbocycles. The van der Waals surface area contributed by atoms with E-state index in [0.717, 1.165) is 4.57 Å². The second kappa shape index (κ2) is 6.53. The number of benzene rings is 1. The standard InChI is InChI=1S/C10H6Cl2N2O4.K/c11-5-2-1-4-8(13-18)10(17)14(3-6(15)16)9(4)7(5)12;/h1-2,17H,3H2,(H,15,16);/q;+1/p-1. The molecule has 0 aliphatic heterocycles. The molecule has 19 heavy (non-hydrogen) atoms. The number of halogens is 2. The third-order valence-electron chi connectivity index (χ3n) is 2.44. The van der Waals surface area contributed by atoms with E-state index in [1.807, 2.05) is 0 Å². The summed E-state index contributed by atoms with van der Waals surface area (Å²) in [5.74, 6) is -2.04. The third-order valence-corrected chi connectivity index (χ3v) is 3.23. The van der Waals surface area contributed by atoms with Crippen LogP contribution in [0.4, 0.5) is 5.69 Å². The predicted molar refractivity (Wildman–Crippen MR) is 64.1 cm³/mol. The van der Waals surface area contributed by atoms with E-state index >= 15 is 0 Å². The van der Waals surface area contributed by atoms with Crippen molar-refractivity contribution in [2.24, 2.45) is 5.18 Å². The molecule has 0 bridgehead atoms. The van der Waals surface area contributed by atoms with E-state index in [4.69, 9.17) is 23.2 Å². The summed E-state index contributed by atoms with van der Waals surface area (Å²) >= 11 is 11.7. The fraction of sp³-hybridized carbons (Fsp3) is 0.100. The number of carbonyl (C=O) groups is 1. The first-order valence-electron chi connectivity index (χ1n) is 4.69. The van der Waals surface area contributed by atoms with E-state index < -0.39 is 18.4 Å². The largest absolute Gasteiger partial charge is 1.00 e. The number of carboxylic acids is 1. The summed E-state index contributed by atoms with van der Waals surface area (Å²) in [6.07, 6.45) is 0. The van der Waals surface area contributed by atoms with Crippen LogP contribution in [0.5, 0.6) is 5.88 Å². The van der Waals surface area contributed by atoms with Gasteiger partial charge in [0.05, 0.1) is 28.1 Å². The number of nitroso groups, excluding NO2 is 1. The molecule has 2 aromatic rings. The van der Waals surface area contributed by atoms with Crippen LogP contribution in [-0.2, 0) is 11.3 Å². The van der Waals surface area contributed by atoms with Crippen LogP contribution in [-0.4, -0.2) is 15.6 Å². The molecule has 0 aliphatic rings. The fourth-order valence-corrected chi connectivity index (χ4v) is 2.14. The molecule has 0 unspecified atom stereocenters. The summed E-state index contributed by atoms with van der Waals surface area (Å²) < 4.78 is 0.912. The number of nitrogens with zero attached hydrogens (tertiary/aromatic N) is 2. The molecule has 0 atom stereocenters. The number of hydrogen-bond donors (Lipinski definition) is 1. The van der Waals surface area contributed by atoms with Crippen LogP contribution >= 0.6 is 23.2 Å². The zero-order valence-electron chi connectivity index (χ0n) is 9.68. The van der Waals surface area contributed by atoms with E-state index in [9.17, 15) is 19.9 Å². The molecule has 1 N–H and O–H groups in total. The minimum absolute atomic E-state index is 0. The Morgan fingerprint density at radius 1 is 1.42 bits per heavy atom. The van der Waals surface area contributed by atoms with Crippen LogP contribution < -0.4 is 56.5 Å². The molecular formula is C10H5Cl2KN2O4. The predicted octanol–water partition coefficient (Wildman–Crippen LogP) is -1.19. The van der Waals surface area contributed by atoms with Gasteiger partial charge in [-0.2, -0.15) is 0 Å². The van der Waals surface area contributed by atoms with Gasteiger partial charge in [-0.1, -0.05) is 23.2 Å². The van der Waals surface area contributed by atoms with Crippen LogP contribution in [0.25, 0.3) is 10.9 Å². The monoisotopic (exact) mass is 326 g/mol. The average molecular weight is 327 g/mol. The molecule has 2 rings (SSSR count). The van der Waals surface area contributed by atoms with E-state index in [2.05, 4.69) is 5.18 Å². The topological polar surface area (TPSA) is 94.7 Å². The van der Waals surface area contributed by atoms with E-state index in [1.54, 1.807) is 0 Å². The van der Waals surface area contributed by atoms with Crippen molar-refractivity contribution in [3.05, 3.63) is 27.1 Å². The molecule has 0 saturated heterocycles. The van der Waals surface area contributed by atoms with Crippen LogP contribution in [0.1, 0.15) is 0 Å². The first kappa shape index (κ1) is 16.9. The molecule has 0 radical (unpaired) electrons. The fourth-order valence-electron chi connectivity index (χ4n) is 1.72. The van der Waals surface area contributed by atoms with E-state index in [0.29, 0.717) is 0 Å². The molecule has 9 heteroatoms. The van der Waals surface area contributed by atoms with Crippen molar-refractivity contribution in [2.45, 2.75) is 6.54 Å². The van der Waals surface area contributed by atoms with Gasteiger partial charge < -0.3 is 19.6 Å². The average Bonchev–Trinajstić information content (AvgIpc) is 2.57. The van der Waals surface area contributed by atoms with Gasteiger partial charge in [-0.05, 0) is 17.3 Å². The van der Waals surface area contributed by atoms with Gasteiger partial charge in [-0.15, -0.1) is 4.91 Å².